The number of benzene rings is 2. The first kappa shape index (κ1) is 17.5. The van der Waals surface area contributed by atoms with E-state index in [4.69, 9.17) is 20.2 Å². The third-order valence-electron chi connectivity index (χ3n) is 4.76. The van der Waals surface area contributed by atoms with E-state index >= 15 is 0 Å². The highest BCUT2D eigenvalue weighted by atomic mass is 32.1. The molecule has 1 amide bonds. The largest absolute Gasteiger partial charge is 0.454 e. The van der Waals surface area contributed by atoms with Crippen LogP contribution < -0.4 is 20.5 Å². The fourth-order valence-corrected chi connectivity index (χ4v) is 4.26. The minimum absolute atomic E-state index is 0.218. The number of aromatic nitrogens is 1. The van der Waals surface area contributed by atoms with Crippen LogP contribution in [0, 0.1) is 0 Å². The highest BCUT2D eigenvalue weighted by molar-refractivity contribution is 7.21. The van der Waals surface area contributed by atoms with E-state index in [0.29, 0.717) is 28.6 Å². The van der Waals surface area contributed by atoms with Gasteiger partial charge in [0.05, 0.1) is 11.4 Å². The van der Waals surface area contributed by atoms with Gasteiger partial charge in [-0.05, 0) is 29.8 Å². The smallest absolute Gasteiger partial charge is 0.263 e. The summed E-state index contributed by atoms with van der Waals surface area (Å²) < 4.78 is 10.7. The molecular weight excluding hydrogens is 386 g/mol. The molecule has 7 heteroatoms. The van der Waals surface area contributed by atoms with Gasteiger partial charge < -0.3 is 20.5 Å². The summed E-state index contributed by atoms with van der Waals surface area (Å²) in [6.45, 7) is 0.591. The molecule has 3 N–H and O–H groups in total. The fourth-order valence-electron chi connectivity index (χ4n) is 3.25. The lowest BCUT2D eigenvalue weighted by Gasteiger charge is -2.05. The topological polar surface area (TPSA) is 86.5 Å². The zero-order valence-corrected chi connectivity index (χ0v) is 16.2. The van der Waals surface area contributed by atoms with Crippen molar-refractivity contribution in [3.63, 3.8) is 0 Å². The molecule has 0 saturated carbocycles. The van der Waals surface area contributed by atoms with Gasteiger partial charge in [-0.3, -0.25) is 4.79 Å². The van der Waals surface area contributed by atoms with E-state index in [1.807, 2.05) is 60.7 Å². The van der Waals surface area contributed by atoms with E-state index in [1.165, 1.54) is 11.3 Å². The molecule has 5 rings (SSSR count). The molecule has 0 bridgehead atoms. The molecule has 0 atom stereocenters. The van der Waals surface area contributed by atoms with Crippen LogP contribution in [0.4, 0.5) is 5.69 Å². The number of hydrogen-bond donors (Lipinski definition) is 2. The third kappa shape index (κ3) is 3.25. The van der Waals surface area contributed by atoms with Gasteiger partial charge in [0.15, 0.2) is 11.5 Å². The Labute approximate surface area is 170 Å². The second-order valence-electron chi connectivity index (χ2n) is 6.63. The molecule has 0 spiro atoms. The second kappa shape index (κ2) is 7.10. The molecule has 1 aliphatic heterocycles. The van der Waals surface area contributed by atoms with E-state index in [2.05, 4.69) is 5.32 Å². The van der Waals surface area contributed by atoms with Crippen LogP contribution in [0.3, 0.4) is 0 Å². The van der Waals surface area contributed by atoms with Crippen LogP contribution in [0.2, 0.25) is 0 Å². The number of ether oxygens (including phenoxy) is 2. The van der Waals surface area contributed by atoms with Crippen LogP contribution in [-0.2, 0) is 6.54 Å². The Morgan fingerprint density at radius 2 is 1.90 bits per heavy atom. The lowest BCUT2D eigenvalue weighted by atomic mass is 10.1. The number of fused-ring (bicyclic) bond motifs is 2. The number of nitrogens with one attached hydrogen (secondary N) is 1. The Balaban J connectivity index is 1.38. The maximum absolute atomic E-state index is 12.7. The van der Waals surface area contributed by atoms with E-state index in [9.17, 15) is 4.79 Å². The predicted molar refractivity (Wildman–Crippen MR) is 113 cm³/mol. The van der Waals surface area contributed by atoms with Gasteiger partial charge >= 0.3 is 0 Å². The molecule has 1 aliphatic rings. The van der Waals surface area contributed by atoms with Crippen LogP contribution in [-0.4, -0.2) is 17.7 Å². The fraction of sp³-hybridized carbons (Fsp3) is 0.0909. The predicted octanol–water partition coefficient (Wildman–Crippen LogP) is 4.20. The van der Waals surface area contributed by atoms with E-state index < -0.39 is 0 Å². The van der Waals surface area contributed by atoms with Crippen molar-refractivity contribution in [1.29, 1.82) is 0 Å². The van der Waals surface area contributed by atoms with Gasteiger partial charge in [0.1, 0.15) is 9.71 Å². The van der Waals surface area contributed by atoms with Crippen LogP contribution in [0.25, 0.3) is 21.5 Å². The number of nitrogen functional groups attached to an aromatic ring is 1. The molecule has 144 valence electrons. The van der Waals surface area contributed by atoms with Crippen molar-refractivity contribution in [3.05, 3.63) is 71.1 Å². The maximum Gasteiger partial charge on any atom is 0.263 e. The van der Waals surface area contributed by atoms with Gasteiger partial charge in [0, 0.05) is 17.5 Å². The van der Waals surface area contributed by atoms with Gasteiger partial charge in [-0.25, -0.2) is 4.98 Å². The number of carbonyl (C=O) groups is 1. The van der Waals surface area contributed by atoms with Crippen molar-refractivity contribution < 1.29 is 14.3 Å². The number of nitrogens with zero attached hydrogens (tertiary/aromatic N) is 1. The number of pyridine rings is 1. The number of amides is 1. The number of thiophene rings is 1. The third-order valence-corrected chi connectivity index (χ3v) is 5.87. The summed E-state index contributed by atoms with van der Waals surface area (Å²) >= 11 is 1.30. The molecule has 0 radical (unpaired) electrons. The first-order valence-electron chi connectivity index (χ1n) is 9.10. The van der Waals surface area contributed by atoms with Crippen molar-refractivity contribution in [3.8, 4) is 22.8 Å². The second-order valence-corrected chi connectivity index (χ2v) is 7.63. The minimum Gasteiger partial charge on any atom is -0.454 e. The van der Waals surface area contributed by atoms with Gasteiger partial charge in [-0.15, -0.1) is 11.3 Å². The minimum atomic E-state index is -0.218. The Kier molecular flexibility index (Phi) is 4.29. The van der Waals surface area contributed by atoms with E-state index in [-0.39, 0.29) is 12.7 Å². The number of hydrogen-bond acceptors (Lipinski definition) is 6. The van der Waals surface area contributed by atoms with Gasteiger partial charge in [-0.2, -0.15) is 0 Å². The summed E-state index contributed by atoms with van der Waals surface area (Å²) in [7, 11) is 0. The Morgan fingerprint density at radius 1 is 1.07 bits per heavy atom. The zero-order valence-electron chi connectivity index (χ0n) is 15.3. The monoisotopic (exact) mass is 403 g/mol. The summed E-state index contributed by atoms with van der Waals surface area (Å²) in [5.74, 6) is 1.19. The summed E-state index contributed by atoms with van der Waals surface area (Å²) in [5, 5.41) is 3.72. The summed E-state index contributed by atoms with van der Waals surface area (Å²) in [5.41, 5.74) is 9.50. The number of anilines is 1. The summed E-state index contributed by atoms with van der Waals surface area (Å²) in [4.78, 5) is 18.6. The average molecular weight is 403 g/mol. The quantitative estimate of drug-likeness (QED) is 0.533. The molecule has 0 unspecified atom stereocenters. The lowest BCUT2D eigenvalue weighted by molar-refractivity contribution is 0.0955. The van der Waals surface area contributed by atoms with Crippen molar-refractivity contribution in [2.75, 3.05) is 12.5 Å². The Morgan fingerprint density at radius 3 is 2.76 bits per heavy atom. The molecule has 2 aromatic heterocycles. The van der Waals surface area contributed by atoms with Crippen LogP contribution in [0.5, 0.6) is 11.5 Å². The molecule has 3 heterocycles. The lowest BCUT2D eigenvalue weighted by Crippen LogP contribution is -2.22. The Hall–Kier alpha value is -3.58. The van der Waals surface area contributed by atoms with E-state index in [1.54, 1.807) is 0 Å². The first-order chi connectivity index (χ1) is 14.2. The number of rotatable bonds is 4. The summed E-state index contributed by atoms with van der Waals surface area (Å²) in [6.07, 6.45) is 0. The highest BCUT2D eigenvalue weighted by Crippen LogP contribution is 2.35. The average Bonchev–Trinajstić information content (AvgIpc) is 3.36. The molecule has 0 fully saturated rings. The maximum atomic E-state index is 12.7. The first-order valence-corrected chi connectivity index (χ1v) is 9.92. The normalized spacial score (nSPS) is 12.3. The molecule has 2 aromatic carbocycles. The van der Waals surface area contributed by atoms with Crippen molar-refractivity contribution in [2.45, 2.75) is 6.54 Å². The van der Waals surface area contributed by atoms with Crippen molar-refractivity contribution in [1.82, 2.24) is 10.3 Å². The summed E-state index contributed by atoms with van der Waals surface area (Å²) in [6, 6.07) is 19.4. The molecule has 4 aromatic rings. The Bertz CT molecular complexity index is 1220. The zero-order chi connectivity index (χ0) is 19.8. The van der Waals surface area contributed by atoms with Crippen LogP contribution in [0.1, 0.15) is 15.2 Å². The number of carbonyl (C=O) groups excluding carboxylic acids is 1. The molecule has 29 heavy (non-hydrogen) atoms. The van der Waals surface area contributed by atoms with Crippen molar-refractivity contribution >= 4 is 33.1 Å². The molecule has 0 aliphatic carbocycles. The van der Waals surface area contributed by atoms with E-state index in [0.717, 1.165) is 27.0 Å². The van der Waals surface area contributed by atoms with Gasteiger partial charge in [-0.1, -0.05) is 36.4 Å². The van der Waals surface area contributed by atoms with Crippen LogP contribution in [0.15, 0.2) is 60.7 Å². The highest BCUT2D eigenvalue weighted by Gasteiger charge is 2.18. The molecule has 0 saturated heterocycles. The molecule has 6 nitrogen and oxygen atoms in total. The SMILES string of the molecule is Nc1c(C(=O)NCc2ccc3c(c2)OCO3)sc2nc(-c3ccccc3)ccc12. The van der Waals surface area contributed by atoms with Gasteiger partial charge in [0.25, 0.3) is 5.91 Å². The van der Waals surface area contributed by atoms with Gasteiger partial charge in [0.2, 0.25) is 6.79 Å². The van der Waals surface area contributed by atoms with Crippen LogP contribution >= 0.6 is 11.3 Å². The van der Waals surface area contributed by atoms with Crippen molar-refractivity contribution in [2.24, 2.45) is 0 Å². The molecular formula is C22H17N3O3S. The standard InChI is InChI=1S/C22H17N3O3S/c23-19-15-7-8-16(14-4-2-1-3-5-14)25-22(15)29-20(19)21(26)24-11-13-6-9-17-18(10-13)28-12-27-17/h1-10H,11-12,23H2,(H,24,26). The number of nitrogens with two attached hydrogens (primary N) is 1.